The Morgan fingerprint density at radius 1 is 1.11 bits per heavy atom. The topological polar surface area (TPSA) is 79.3 Å². The molecule has 3 aliphatic carbocycles. The van der Waals surface area contributed by atoms with Crippen molar-refractivity contribution in [2.45, 2.75) is 115 Å². The molecule has 0 aromatic heterocycles. The lowest BCUT2D eigenvalue weighted by Crippen LogP contribution is -2.69. The first-order chi connectivity index (χ1) is 21.8. The molecule has 5 atom stereocenters. The van der Waals surface area contributed by atoms with Crippen molar-refractivity contribution in [1.29, 1.82) is 0 Å². The molecule has 5 aliphatic rings. The van der Waals surface area contributed by atoms with Crippen molar-refractivity contribution in [2.75, 3.05) is 19.6 Å². The Balaban J connectivity index is 1.17. The number of likely N-dealkylation sites (tertiary alicyclic amines) is 1. The number of carbonyl (C=O) groups excluding carboxylic acids is 2. The van der Waals surface area contributed by atoms with E-state index in [1.807, 2.05) is 0 Å². The number of aromatic hydroxyl groups is 1. The summed E-state index contributed by atoms with van der Waals surface area (Å²) in [5, 5.41) is 11.4. The second kappa shape index (κ2) is 12.3. The predicted molar refractivity (Wildman–Crippen MR) is 174 cm³/mol. The number of benzene rings is 2. The zero-order valence-corrected chi connectivity index (χ0v) is 27.3. The van der Waals surface area contributed by atoms with Crippen LogP contribution in [-0.4, -0.2) is 64.6 Å². The number of esters is 1. The number of phenols is 1. The lowest BCUT2D eigenvalue weighted by Gasteiger charge is -2.60. The van der Waals surface area contributed by atoms with E-state index in [4.69, 9.17) is 9.47 Å². The Bertz CT molecular complexity index is 1420. The van der Waals surface area contributed by atoms with Crippen LogP contribution in [0, 0.1) is 17.8 Å². The number of ether oxygens (including phenoxy) is 2. The summed E-state index contributed by atoms with van der Waals surface area (Å²) in [6, 6.07) is 12.5. The molecule has 0 radical (unpaired) electrons. The van der Waals surface area contributed by atoms with Crippen LogP contribution < -0.4 is 9.47 Å². The smallest absolute Gasteiger partial charge is 0.308 e. The van der Waals surface area contributed by atoms with Crippen molar-refractivity contribution in [1.82, 2.24) is 9.80 Å². The summed E-state index contributed by atoms with van der Waals surface area (Å²) >= 11 is 0. The molecule has 45 heavy (non-hydrogen) atoms. The van der Waals surface area contributed by atoms with Gasteiger partial charge in [-0.25, -0.2) is 0 Å². The third kappa shape index (κ3) is 5.64. The molecule has 2 aliphatic heterocycles. The van der Waals surface area contributed by atoms with Crippen molar-refractivity contribution in [3.05, 3.63) is 53.1 Å². The first kappa shape index (κ1) is 30.6. The summed E-state index contributed by atoms with van der Waals surface area (Å²) in [5.41, 5.74) is 3.09. The van der Waals surface area contributed by atoms with Gasteiger partial charge in [0.1, 0.15) is 11.9 Å². The fourth-order valence-corrected chi connectivity index (χ4v) is 9.45. The average Bonchev–Trinajstić information content (AvgIpc) is 3.76. The van der Waals surface area contributed by atoms with Crippen LogP contribution in [0.25, 0.3) is 0 Å². The maximum atomic E-state index is 14.1. The van der Waals surface area contributed by atoms with Gasteiger partial charge in [-0.3, -0.25) is 14.5 Å². The molecule has 1 spiro atoms. The van der Waals surface area contributed by atoms with E-state index in [1.165, 1.54) is 25.3 Å². The first-order valence-corrected chi connectivity index (χ1v) is 17.6. The van der Waals surface area contributed by atoms with Crippen molar-refractivity contribution in [2.24, 2.45) is 17.8 Å². The fourth-order valence-electron chi connectivity index (χ4n) is 9.45. The molecule has 1 saturated heterocycles. The van der Waals surface area contributed by atoms with Gasteiger partial charge in [0.15, 0.2) is 11.5 Å². The van der Waals surface area contributed by atoms with E-state index in [0.29, 0.717) is 42.3 Å². The van der Waals surface area contributed by atoms with E-state index in [1.54, 1.807) is 6.07 Å². The largest absolute Gasteiger partial charge is 0.508 e. The van der Waals surface area contributed by atoms with E-state index in [2.05, 4.69) is 54.0 Å². The third-order valence-electron chi connectivity index (χ3n) is 11.4. The van der Waals surface area contributed by atoms with Crippen LogP contribution in [0.2, 0.25) is 0 Å². The Hall–Kier alpha value is -3.06. The van der Waals surface area contributed by atoms with Gasteiger partial charge in [-0.05, 0) is 87.6 Å². The molecular formula is C38H50N2O5. The Labute approximate surface area is 268 Å². The van der Waals surface area contributed by atoms with Crippen molar-refractivity contribution in [3.63, 3.8) is 0 Å². The highest BCUT2D eigenvalue weighted by Gasteiger charge is 2.67. The van der Waals surface area contributed by atoms with E-state index >= 15 is 0 Å². The molecule has 0 unspecified atom stereocenters. The molecule has 7 nitrogen and oxygen atoms in total. The van der Waals surface area contributed by atoms with Crippen LogP contribution in [0.5, 0.6) is 17.2 Å². The minimum atomic E-state index is -0.425. The third-order valence-corrected chi connectivity index (χ3v) is 11.4. The average molecular weight is 615 g/mol. The summed E-state index contributed by atoms with van der Waals surface area (Å²) in [4.78, 5) is 31.1. The second-order valence-corrected chi connectivity index (χ2v) is 14.9. The van der Waals surface area contributed by atoms with Gasteiger partial charge in [0.05, 0.1) is 6.04 Å². The quantitative estimate of drug-likeness (QED) is 0.169. The van der Waals surface area contributed by atoms with Crippen molar-refractivity contribution < 1.29 is 24.2 Å². The molecule has 242 valence electrons. The van der Waals surface area contributed by atoms with Crippen LogP contribution >= 0.6 is 0 Å². The van der Waals surface area contributed by atoms with Gasteiger partial charge < -0.3 is 19.5 Å². The van der Waals surface area contributed by atoms with Gasteiger partial charge in [0.25, 0.3) is 0 Å². The number of piperidine rings is 1. The molecule has 2 aromatic carbocycles. The highest BCUT2D eigenvalue weighted by molar-refractivity contribution is 5.77. The SMILES string of the molecule is CC(=O)Oc1cc(O)c2c3c1O[C@H]1[C@@H](N(CC(C)C)C(=O)CCCCCc4ccccc4)CC[C@H]4[C@@H](C2)N(CC2CC2)CC[C@@]341. The van der Waals surface area contributed by atoms with Crippen LogP contribution in [0.1, 0.15) is 95.2 Å². The number of hydrogen-bond acceptors (Lipinski definition) is 6. The zero-order chi connectivity index (χ0) is 31.3. The van der Waals surface area contributed by atoms with Crippen LogP contribution in [0.3, 0.4) is 0 Å². The summed E-state index contributed by atoms with van der Waals surface area (Å²) in [6.45, 7) is 8.62. The maximum Gasteiger partial charge on any atom is 0.308 e. The molecule has 2 aromatic rings. The lowest BCUT2D eigenvalue weighted by atomic mass is 9.50. The summed E-state index contributed by atoms with van der Waals surface area (Å²) in [5.74, 6) is 2.48. The van der Waals surface area contributed by atoms with Crippen molar-refractivity contribution in [3.8, 4) is 17.2 Å². The summed E-state index contributed by atoms with van der Waals surface area (Å²) in [7, 11) is 0. The number of hydrogen-bond donors (Lipinski definition) is 1. The molecule has 1 N–H and O–H groups in total. The van der Waals surface area contributed by atoms with Gasteiger partial charge in [0, 0.05) is 55.1 Å². The molecule has 2 bridgehead atoms. The Kier molecular flexibility index (Phi) is 8.34. The standard InChI is InChI=1S/C38H50N2O5/c1-24(2)22-40(34(43)13-9-5-8-12-26-10-6-4-7-11-26)30-17-16-29-31-20-28-32(42)21-33(44-25(3)41)36-35(28)38(29,37(30)45-36)18-19-39(31)23-27-14-15-27/h4,6-7,10-11,21,24,27,29-31,37,42H,5,8-9,12-20,22-23H2,1-3H3/t29-,30-,31+,37-,38-/m0/s1. The number of rotatable bonds is 12. The van der Waals surface area contributed by atoms with Gasteiger partial charge >= 0.3 is 5.97 Å². The molecule has 3 fully saturated rings. The fraction of sp³-hybridized carbons (Fsp3) is 0.632. The van der Waals surface area contributed by atoms with Crippen molar-refractivity contribution >= 4 is 11.9 Å². The van der Waals surface area contributed by atoms with E-state index in [-0.39, 0.29) is 29.2 Å². The van der Waals surface area contributed by atoms with Gasteiger partial charge in [-0.15, -0.1) is 0 Å². The molecule has 2 saturated carbocycles. The molecule has 7 rings (SSSR count). The number of unbranched alkanes of at least 4 members (excludes halogenated alkanes) is 2. The highest BCUT2D eigenvalue weighted by Crippen LogP contribution is 2.66. The number of carbonyl (C=O) groups is 2. The second-order valence-electron chi connectivity index (χ2n) is 14.9. The van der Waals surface area contributed by atoms with E-state index in [0.717, 1.165) is 81.5 Å². The van der Waals surface area contributed by atoms with Gasteiger partial charge in [-0.1, -0.05) is 50.6 Å². The maximum absolute atomic E-state index is 14.1. The van der Waals surface area contributed by atoms with Crippen LogP contribution in [0.4, 0.5) is 0 Å². The molecule has 2 heterocycles. The van der Waals surface area contributed by atoms with Crippen LogP contribution in [0.15, 0.2) is 36.4 Å². The van der Waals surface area contributed by atoms with E-state index in [9.17, 15) is 14.7 Å². The molecular weight excluding hydrogens is 564 g/mol. The normalized spacial score (nSPS) is 28.0. The molecule has 7 heteroatoms. The number of phenolic OH excluding ortho intramolecular Hbond substituents is 1. The lowest BCUT2D eigenvalue weighted by molar-refractivity contribution is -0.143. The Morgan fingerprint density at radius 3 is 2.64 bits per heavy atom. The van der Waals surface area contributed by atoms with Gasteiger partial charge in [0.2, 0.25) is 5.91 Å². The highest BCUT2D eigenvalue weighted by atomic mass is 16.6. The van der Waals surface area contributed by atoms with E-state index < -0.39 is 5.97 Å². The predicted octanol–water partition coefficient (Wildman–Crippen LogP) is 6.42. The minimum absolute atomic E-state index is 0.0539. The van der Waals surface area contributed by atoms with Gasteiger partial charge in [-0.2, -0.15) is 0 Å². The number of aryl methyl sites for hydroxylation is 1. The monoisotopic (exact) mass is 614 g/mol. The Morgan fingerprint density at radius 2 is 1.91 bits per heavy atom. The summed E-state index contributed by atoms with van der Waals surface area (Å²) < 4.78 is 12.7. The first-order valence-electron chi connectivity index (χ1n) is 17.6. The molecule has 1 amide bonds. The minimum Gasteiger partial charge on any atom is -0.508 e. The number of nitrogens with zero attached hydrogens (tertiary/aromatic N) is 2. The van der Waals surface area contributed by atoms with Crippen LogP contribution in [-0.2, 0) is 27.8 Å². The zero-order valence-electron chi connectivity index (χ0n) is 27.3. The number of amides is 1. The summed E-state index contributed by atoms with van der Waals surface area (Å²) in [6.07, 6.45) is 10.7.